The summed E-state index contributed by atoms with van der Waals surface area (Å²) in [7, 11) is 0. The fourth-order valence-electron chi connectivity index (χ4n) is 0.725. The van der Waals surface area contributed by atoms with Crippen molar-refractivity contribution in [3.63, 3.8) is 0 Å². The Balaban J connectivity index is 0.00000169. The first-order valence-electron chi connectivity index (χ1n) is 3.71. The van der Waals surface area contributed by atoms with Crippen molar-refractivity contribution in [1.29, 1.82) is 0 Å². The van der Waals surface area contributed by atoms with Crippen molar-refractivity contribution in [2.45, 2.75) is 6.92 Å². The van der Waals surface area contributed by atoms with E-state index in [0.29, 0.717) is 0 Å². The maximum atomic E-state index is 10.5. The summed E-state index contributed by atoms with van der Waals surface area (Å²) in [6.07, 6.45) is 1.35. The number of carboxylic acid groups (broad SMARTS) is 1. The molecule has 0 spiro atoms. The summed E-state index contributed by atoms with van der Waals surface area (Å²) in [5.74, 6) is -1.31. The zero-order valence-corrected chi connectivity index (χ0v) is 10.0. The van der Waals surface area contributed by atoms with Crippen LogP contribution in [0.1, 0.15) is 12.7 Å². The minimum atomic E-state index is -1.43. The van der Waals surface area contributed by atoms with Gasteiger partial charge in [-0.3, -0.25) is 0 Å². The van der Waals surface area contributed by atoms with E-state index in [2.05, 4.69) is 9.99 Å². The van der Waals surface area contributed by atoms with E-state index in [1.165, 1.54) is 12.3 Å². The van der Waals surface area contributed by atoms with E-state index >= 15 is 0 Å². The second-order valence-electron chi connectivity index (χ2n) is 2.12. The number of carbonyl (C=O) groups excluding carboxylic acids is 1. The van der Waals surface area contributed by atoms with Crippen molar-refractivity contribution in [1.82, 2.24) is 0 Å². The first-order chi connectivity index (χ1) is 6.25. The Hall–Kier alpha value is -0.780. The fraction of sp³-hybridized carbons (Fsp3) is 0.250. The minimum absolute atomic E-state index is 0. The van der Waals surface area contributed by atoms with Gasteiger partial charge in [-0.25, -0.2) is 0 Å². The fourth-order valence-corrected chi connectivity index (χ4v) is 0.725. The van der Waals surface area contributed by atoms with Crippen LogP contribution in [0.3, 0.4) is 0 Å². The largest absolute Gasteiger partial charge is 1.00 e. The molecule has 0 N–H and O–H groups in total. The molecule has 6 heteroatoms. The number of carboxylic acids is 1. The molecule has 14 heavy (non-hydrogen) atoms. The van der Waals surface area contributed by atoms with Gasteiger partial charge in [0.25, 0.3) is 0 Å². The third-order valence-corrected chi connectivity index (χ3v) is 1.23. The van der Waals surface area contributed by atoms with E-state index in [-0.39, 0.29) is 47.6 Å². The molecule has 0 aliphatic rings. The van der Waals surface area contributed by atoms with Crippen molar-refractivity contribution in [2.75, 3.05) is 6.61 Å². The molecule has 0 saturated carbocycles. The van der Waals surface area contributed by atoms with Crippen molar-refractivity contribution < 1.29 is 48.7 Å². The molecule has 0 unspecified atom stereocenters. The van der Waals surface area contributed by atoms with E-state index < -0.39 is 5.97 Å². The van der Waals surface area contributed by atoms with Gasteiger partial charge < -0.3 is 19.2 Å². The molecule has 0 radical (unpaired) electrons. The van der Waals surface area contributed by atoms with Gasteiger partial charge in [-0.05, 0) is 19.1 Å². The van der Waals surface area contributed by atoms with E-state index in [1.54, 1.807) is 13.0 Å². The zero-order chi connectivity index (χ0) is 9.68. The number of hydrogen-bond acceptors (Lipinski definition) is 5. The van der Waals surface area contributed by atoms with Gasteiger partial charge in [-0.2, -0.15) is 0 Å². The number of nitrogens with zero attached hydrogens (tertiary/aromatic N) is 1. The summed E-state index contributed by atoms with van der Waals surface area (Å²) in [4.78, 5) is 15.1. The standard InChI is InChI=1S/C8H9NO4.Na/c1-2-13-9-7(8(10)11)6-4-3-5-12-6;/h3-5H,2H2,1H3,(H,10,11);/q;+1/p-1. The molecular formula is C8H8NNaO4. The van der Waals surface area contributed by atoms with Gasteiger partial charge in [-0.1, -0.05) is 5.16 Å². The van der Waals surface area contributed by atoms with Crippen LogP contribution in [0.4, 0.5) is 0 Å². The van der Waals surface area contributed by atoms with E-state index in [1.807, 2.05) is 0 Å². The summed E-state index contributed by atoms with van der Waals surface area (Å²) in [6, 6.07) is 3.02. The number of rotatable bonds is 4. The summed E-state index contributed by atoms with van der Waals surface area (Å²) < 4.78 is 4.82. The number of aliphatic carboxylic acids is 1. The monoisotopic (exact) mass is 205 g/mol. The van der Waals surface area contributed by atoms with Crippen molar-refractivity contribution in [3.05, 3.63) is 24.2 Å². The molecule has 0 amide bonds. The molecule has 0 saturated heterocycles. The van der Waals surface area contributed by atoms with Crippen LogP contribution in [0.15, 0.2) is 28.0 Å². The third-order valence-electron chi connectivity index (χ3n) is 1.23. The van der Waals surface area contributed by atoms with Crippen molar-refractivity contribution in [3.8, 4) is 0 Å². The summed E-state index contributed by atoms with van der Waals surface area (Å²) >= 11 is 0. The molecule has 70 valence electrons. The first-order valence-corrected chi connectivity index (χ1v) is 3.71. The Morgan fingerprint density at radius 2 is 2.43 bits per heavy atom. The Kier molecular flexibility index (Phi) is 6.27. The summed E-state index contributed by atoms with van der Waals surface area (Å²) in [5, 5.41) is 13.9. The SMILES string of the molecule is CCON=C(C(=O)[O-])c1ccco1.[Na+]. The van der Waals surface area contributed by atoms with Crippen LogP contribution >= 0.6 is 0 Å². The third kappa shape index (κ3) is 3.53. The van der Waals surface area contributed by atoms with Crippen LogP contribution < -0.4 is 34.7 Å². The van der Waals surface area contributed by atoms with Crippen LogP contribution in [0.25, 0.3) is 0 Å². The summed E-state index contributed by atoms with van der Waals surface area (Å²) in [6.45, 7) is 1.98. The second kappa shape index (κ2) is 6.64. The van der Waals surface area contributed by atoms with Gasteiger partial charge in [0, 0.05) is 0 Å². The van der Waals surface area contributed by atoms with Gasteiger partial charge in [-0.15, -0.1) is 0 Å². The minimum Gasteiger partial charge on any atom is -0.543 e. The molecule has 0 aromatic carbocycles. The van der Waals surface area contributed by atoms with Gasteiger partial charge in [0.15, 0.2) is 11.5 Å². The smallest absolute Gasteiger partial charge is 0.543 e. The molecule has 1 aromatic heterocycles. The molecule has 0 fully saturated rings. The molecule has 0 bridgehead atoms. The molecule has 1 rings (SSSR count). The molecule has 1 heterocycles. The maximum absolute atomic E-state index is 10.5. The van der Waals surface area contributed by atoms with Crippen LogP contribution in [-0.2, 0) is 9.63 Å². The average molecular weight is 205 g/mol. The van der Waals surface area contributed by atoms with Crippen LogP contribution in [0, 0.1) is 0 Å². The predicted molar refractivity (Wildman–Crippen MR) is 41.9 cm³/mol. The van der Waals surface area contributed by atoms with Crippen molar-refractivity contribution >= 4 is 11.7 Å². The maximum Gasteiger partial charge on any atom is 1.00 e. The number of hydrogen-bond donors (Lipinski definition) is 0. The van der Waals surface area contributed by atoms with Gasteiger partial charge in [0.1, 0.15) is 6.61 Å². The van der Waals surface area contributed by atoms with Gasteiger partial charge >= 0.3 is 29.6 Å². The van der Waals surface area contributed by atoms with Gasteiger partial charge in [0.05, 0.1) is 12.2 Å². The van der Waals surface area contributed by atoms with E-state index in [0.717, 1.165) is 0 Å². The van der Waals surface area contributed by atoms with Crippen LogP contribution in [0.5, 0.6) is 0 Å². The normalized spacial score (nSPS) is 10.5. The Morgan fingerprint density at radius 3 is 2.86 bits per heavy atom. The summed E-state index contributed by atoms with van der Waals surface area (Å²) in [5.41, 5.74) is -0.341. The Morgan fingerprint density at radius 1 is 1.71 bits per heavy atom. The van der Waals surface area contributed by atoms with Crippen LogP contribution in [-0.4, -0.2) is 18.3 Å². The van der Waals surface area contributed by atoms with E-state index in [9.17, 15) is 9.90 Å². The molecule has 0 aliphatic carbocycles. The molecule has 0 aliphatic heterocycles. The first kappa shape index (κ1) is 13.2. The predicted octanol–water partition coefficient (Wildman–Crippen LogP) is -3.23. The average Bonchev–Trinajstić information content (AvgIpc) is 2.57. The van der Waals surface area contributed by atoms with Gasteiger partial charge in [0.2, 0.25) is 0 Å². The molecule has 0 atom stereocenters. The Bertz CT molecular complexity index is 307. The van der Waals surface area contributed by atoms with Crippen LogP contribution in [0.2, 0.25) is 0 Å². The zero-order valence-electron chi connectivity index (χ0n) is 8.02. The Labute approximate surface area is 103 Å². The molecule has 5 nitrogen and oxygen atoms in total. The number of furan rings is 1. The molecule has 1 aromatic rings. The van der Waals surface area contributed by atoms with Crippen molar-refractivity contribution in [2.24, 2.45) is 5.16 Å². The second-order valence-corrected chi connectivity index (χ2v) is 2.12. The molecular weight excluding hydrogens is 197 g/mol. The topological polar surface area (TPSA) is 74.9 Å². The van der Waals surface area contributed by atoms with E-state index in [4.69, 9.17) is 4.42 Å². The quantitative estimate of drug-likeness (QED) is 0.294. The number of carbonyl (C=O) groups is 1. The number of oxime groups is 1.